The number of carbonyl (C=O) groups excluding carboxylic acids is 2. The lowest BCUT2D eigenvalue weighted by molar-refractivity contribution is -0.127. The molecule has 0 saturated carbocycles. The van der Waals surface area contributed by atoms with Crippen LogP contribution in [0.1, 0.15) is 19.3 Å². The van der Waals surface area contributed by atoms with Gasteiger partial charge in [-0.1, -0.05) is 0 Å². The van der Waals surface area contributed by atoms with Crippen molar-refractivity contribution in [3.05, 3.63) is 0 Å². The summed E-state index contributed by atoms with van der Waals surface area (Å²) >= 11 is 0. The van der Waals surface area contributed by atoms with Gasteiger partial charge in [0, 0.05) is 25.6 Å². The Hall–Kier alpha value is -1.10. The van der Waals surface area contributed by atoms with Gasteiger partial charge in [-0.2, -0.15) is 0 Å². The molecule has 0 spiro atoms. The molecule has 2 aliphatic heterocycles. The molecule has 2 atom stereocenters. The molecule has 15 heavy (non-hydrogen) atoms. The van der Waals surface area contributed by atoms with Crippen molar-refractivity contribution in [1.82, 2.24) is 10.6 Å². The van der Waals surface area contributed by atoms with Crippen LogP contribution in [0.3, 0.4) is 0 Å². The Balaban J connectivity index is 1.79. The van der Waals surface area contributed by atoms with Gasteiger partial charge in [-0.15, -0.1) is 0 Å². The lowest BCUT2D eigenvalue weighted by Crippen LogP contribution is -2.47. The van der Waals surface area contributed by atoms with E-state index < -0.39 is 0 Å². The molecule has 2 aliphatic rings. The van der Waals surface area contributed by atoms with Gasteiger partial charge in [-0.05, 0) is 12.8 Å². The van der Waals surface area contributed by atoms with Crippen LogP contribution in [0.15, 0.2) is 0 Å². The molecule has 0 aromatic rings. The number of hydrogen-bond donors (Lipinski definition) is 2. The number of rotatable bonds is 2. The number of nitrogens with one attached hydrogen (secondary N) is 2. The van der Waals surface area contributed by atoms with Gasteiger partial charge in [-0.25, -0.2) is 0 Å². The summed E-state index contributed by atoms with van der Waals surface area (Å²) in [6, 6.07) is 0.00634. The lowest BCUT2D eigenvalue weighted by Gasteiger charge is -2.24. The minimum Gasteiger partial charge on any atom is -0.381 e. The molecular weight excluding hydrogens is 196 g/mol. The summed E-state index contributed by atoms with van der Waals surface area (Å²) in [4.78, 5) is 22.8. The normalized spacial score (nSPS) is 31.1. The van der Waals surface area contributed by atoms with Gasteiger partial charge in [0.15, 0.2) is 0 Å². The highest BCUT2D eigenvalue weighted by atomic mass is 16.5. The highest BCUT2D eigenvalue weighted by molar-refractivity contribution is 5.82. The van der Waals surface area contributed by atoms with Crippen molar-refractivity contribution in [2.75, 3.05) is 19.8 Å². The van der Waals surface area contributed by atoms with Crippen LogP contribution in [-0.2, 0) is 14.3 Å². The van der Waals surface area contributed by atoms with E-state index in [1.807, 2.05) is 0 Å². The van der Waals surface area contributed by atoms with E-state index in [0.717, 1.165) is 12.8 Å². The Labute approximate surface area is 88.5 Å². The molecule has 2 rings (SSSR count). The second kappa shape index (κ2) is 4.61. The van der Waals surface area contributed by atoms with E-state index >= 15 is 0 Å². The van der Waals surface area contributed by atoms with Gasteiger partial charge in [0.25, 0.3) is 0 Å². The Kier molecular flexibility index (Phi) is 3.20. The van der Waals surface area contributed by atoms with Crippen LogP contribution in [-0.4, -0.2) is 37.6 Å². The second-order valence-electron chi connectivity index (χ2n) is 4.11. The quantitative estimate of drug-likeness (QED) is 0.643. The van der Waals surface area contributed by atoms with Gasteiger partial charge >= 0.3 is 0 Å². The number of piperidine rings is 1. The van der Waals surface area contributed by atoms with Gasteiger partial charge in [0.05, 0.1) is 12.5 Å². The second-order valence-corrected chi connectivity index (χ2v) is 4.11. The molecule has 0 aromatic heterocycles. The maximum atomic E-state index is 11.7. The maximum Gasteiger partial charge on any atom is 0.225 e. The first kappa shape index (κ1) is 10.4. The summed E-state index contributed by atoms with van der Waals surface area (Å²) in [5.41, 5.74) is 0. The van der Waals surface area contributed by atoms with E-state index in [9.17, 15) is 9.59 Å². The molecule has 84 valence electrons. The fraction of sp³-hybridized carbons (Fsp3) is 0.800. The van der Waals surface area contributed by atoms with E-state index in [4.69, 9.17) is 4.74 Å². The van der Waals surface area contributed by atoms with E-state index in [1.54, 1.807) is 0 Å². The van der Waals surface area contributed by atoms with Gasteiger partial charge < -0.3 is 15.4 Å². The predicted octanol–water partition coefficient (Wildman–Crippen LogP) is -0.582. The van der Waals surface area contributed by atoms with Gasteiger partial charge in [0.1, 0.15) is 0 Å². The first-order valence-corrected chi connectivity index (χ1v) is 5.40. The third kappa shape index (κ3) is 2.68. The van der Waals surface area contributed by atoms with Crippen molar-refractivity contribution in [1.29, 1.82) is 0 Å². The summed E-state index contributed by atoms with van der Waals surface area (Å²) < 4.78 is 5.15. The molecular formula is C10H16N2O3. The molecule has 0 aliphatic carbocycles. The van der Waals surface area contributed by atoms with Crippen LogP contribution in [0.2, 0.25) is 0 Å². The van der Waals surface area contributed by atoms with E-state index in [0.29, 0.717) is 26.2 Å². The Morgan fingerprint density at radius 2 is 2.33 bits per heavy atom. The summed E-state index contributed by atoms with van der Waals surface area (Å²) in [7, 11) is 0. The molecule has 0 radical (unpaired) electrons. The smallest absolute Gasteiger partial charge is 0.225 e. The molecule has 0 aromatic carbocycles. The summed E-state index contributed by atoms with van der Waals surface area (Å²) in [5.74, 6) is 0.0383. The highest BCUT2D eigenvalue weighted by Gasteiger charge is 2.27. The van der Waals surface area contributed by atoms with Crippen molar-refractivity contribution >= 4 is 11.8 Å². The van der Waals surface area contributed by atoms with Crippen LogP contribution in [0.25, 0.3) is 0 Å². The van der Waals surface area contributed by atoms with Gasteiger partial charge in [-0.3, -0.25) is 9.59 Å². The third-order valence-electron chi connectivity index (χ3n) is 2.89. The topological polar surface area (TPSA) is 67.4 Å². The maximum absolute atomic E-state index is 11.7. The molecule has 5 nitrogen and oxygen atoms in total. The Morgan fingerprint density at radius 1 is 1.47 bits per heavy atom. The molecule has 2 saturated heterocycles. The number of ether oxygens (including phenoxy) is 1. The zero-order valence-corrected chi connectivity index (χ0v) is 8.62. The molecule has 0 bridgehead atoms. The van der Waals surface area contributed by atoms with Crippen LogP contribution in [0.4, 0.5) is 0 Å². The SMILES string of the molecule is O=C1CC(NC(=O)C2CCOC2)CCN1. The average Bonchev–Trinajstić information content (AvgIpc) is 2.70. The lowest BCUT2D eigenvalue weighted by atomic mass is 10.0. The molecule has 2 heterocycles. The van der Waals surface area contributed by atoms with Crippen molar-refractivity contribution in [3.63, 3.8) is 0 Å². The fourth-order valence-corrected chi connectivity index (χ4v) is 1.97. The van der Waals surface area contributed by atoms with Crippen molar-refractivity contribution in [2.24, 2.45) is 5.92 Å². The summed E-state index contributed by atoms with van der Waals surface area (Å²) in [5, 5.41) is 5.65. The van der Waals surface area contributed by atoms with Crippen LogP contribution >= 0.6 is 0 Å². The minimum atomic E-state index is -0.0185. The van der Waals surface area contributed by atoms with Crippen molar-refractivity contribution in [2.45, 2.75) is 25.3 Å². The molecule has 2 amide bonds. The van der Waals surface area contributed by atoms with E-state index in [2.05, 4.69) is 10.6 Å². The number of amides is 2. The first-order valence-electron chi connectivity index (χ1n) is 5.40. The Bertz CT molecular complexity index is 261. The fourth-order valence-electron chi connectivity index (χ4n) is 1.97. The molecule has 2 fully saturated rings. The zero-order valence-electron chi connectivity index (χ0n) is 8.62. The average molecular weight is 212 g/mol. The molecule has 5 heteroatoms. The summed E-state index contributed by atoms with van der Waals surface area (Å²) in [6.45, 7) is 1.85. The third-order valence-corrected chi connectivity index (χ3v) is 2.89. The molecule has 2 unspecified atom stereocenters. The monoisotopic (exact) mass is 212 g/mol. The number of hydrogen-bond acceptors (Lipinski definition) is 3. The van der Waals surface area contributed by atoms with E-state index in [-0.39, 0.29) is 23.8 Å². The minimum absolute atomic E-state index is 0.00634. The van der Waals surface area contributed by atoms with Crippen LogP contribution < -0.4 is 10.6 Å². The van der Waals surface area contributed by atoms with Crippen LogP contribution in [0, 0.1) is 5.92 Å². The van der Waals surface area contributed by atoms with E-state index in [1.165, 1.54) is 0 Å². The largest absolute Gasteiger partial charge is 0.381 e. The van der Waals surface area contributed by atoms with Crippen molar-refractivity contribution in [3.8, 4) is 0 Å². The highest BCUT2D eigenvalue weighted by Crippen LogP contribution is 2.13. The first-order chi connectivity index (χ1) is 7.25. The summed E-state index contributed by atoms with van der Waals surface area (Å²) in [6.07, 6.45) is 2.02. The number of carbonyl (C=O) groups is 2. The standard InChI is InChI=1S/C10H16N2O3/c13-9-5-8(1-3-11-9)12-10(14)7-2-4-15-6-7/h7-8H,1-6H2,(H,11,13)(H,12,14). The van der Waals surface area contributed by atoms with Gasteiger partial charge in [0.2, 0.25) is 11.8 Å². The predicted molar refractivity (Wildman–Crippen MR) is 53.1 cm³/mol. The zero-order chi connectivity index (χ0) is 10.7. The van der Waals surface area contributed by atoms with Crippen molar-refractivity contribution < 1.29 is 14.3 Å². The van der Waals surface area contributed by atoms with Crippen LogP contribution in [0.5, 0.6) is 0 Å². The molecule has 2 N–H and O–H groups in total. The Morgan fingerprint density at radius 3 is 3.00 bits per heavy atom.